The van der Waals surface area contributed by atoms with Gasteiger partial charge in [0.15, 0.2) is 0 Å². The van der Waals surface area contributed by atoms with E-state index in [9.17, 15) is 8.42 Å². The number of aromatic nitrogens is 1. The Balaban J connectivity index is 2.38. The Morgan fingerprint density at radius 3 is 2.45 bits per heavy atom. The molecule has 0 aliphatic rings. The molecule has 0 aliphatic heterocycles. The molecule has 0 radical (unpaired) electrons. The first-order valence-electron chi connectivity index (χ1n) is 5.40. The number of anilines is 1. The van der Waals surface area contributed by atoms with Gasteiger partial charge in [-0.25, -0.2) is 13.4 Å². The van der Waals surface area contributed by atoms with Gasteiger partial charge in [0.05, 0.1) is 12.1 Å². The van der Waals surface area contributed by atoms with Gasteiger partial charge in [0.25, 0.3) is 10.0 Å². The summed E-state index contributed by atoms with van der Waals surface area (Å²) in [6.45, 7) is 0. The molecule has 0 aliphatic carbocycles. The summed E-state index contributed by atoms with van der Waals surface area (Å²) in [6, 6.07) is 7.24. The highest BCUT2D eigenvalue weighted by Crippen LogP contribution is 2.28. The number of ether oxygens (including phenoxy) is 1. The molecule has 0 amide bonds. The molecule has 0 bridgehead atoms. The smallest absolute Gasteiger partial charge is 0.266 e. The number of benzene rings is 1. The maximum Gasteiger partial charge on any atom is 0.266 e. The minimum atomic E-state index is -3.82. The standard InChI is InChI=1S/C12H10Cl2N2O3S/c1-19-10-6-8(13)2-4-11(10)20(17,18)16-12-5-3-9(14)7-15-12/h2-7H,1H3,(H,15,16). The van der Waals surface area contributed by atoms with Crippen LogP contribution in [-0.2, 0) is 10.0 Å². The molecule has 1 heterocycles. The predicted octanol–water partition coefficient (Wildman–Crippen LogP) is 3.20. The molecule has 0 saturated heterocycles. The summed E-state index contributed by atoms with van der Waals surface area (Å²) in [5, 5.41) is 0.794. The van der Waals surface area contributed by atoms with Crippen molar-refractivity contribution in [3.05, 3.63) is 46.6 Å². The molecule has 0 atom stereocenters. The van der Waals surface area contributed by atoms with Gasteiger partial charge in [-0.2, -0.15) is 0 Å². The lowest BCUT2D eigenvalue weighted by molar-refractivity contribution is 0.403. The number of hydrogen-bond acceptors (Lipinski definition) is 4. The van der Waals surface area contributed by atoms with E-state index in [1.54, 1.807) is 0 Å². The van der Waals surface area contributed by atoms with Crippen molar-refractivity contribution >= 4 is 39.0 Å². The van der Waals surface area contributed by atoms with E-state index < -0.39 is 10.0 Å². The van der Waals surface area contributed by atoms with Crippen LogP contribution >= 0.6 is 23.2 Å². The van der Waals surface area contributed by atoms with E-state index in [1.165, 1.54) is 43.6 Å². The third-order valence-electron chi connectivity index (χ3n) is 2.38. The average Bonchev–Trinajstić information content (AvgIpc) is 2.40. The van der Waals surface area contributed by atoms with Gasteiger partial charge in [-0.15, -0.1) is 0 Å². The molecule has 2 aromatic rings. The minimum Gasteiger partial charge on any atom is -0.495 e. The third-order valence-corrected chi connectivity index (χ3v) is 4.23. The summed E-state index contributed by atoms with van der Waals surface area (Å²) >= 11 is 11.5. The van der Waals surface area contributed by atoms with Crippen LogP contribution in [0.4, 0.5) is 5.82 Å². The summed E-state index contributed by atoms with van der Waals surface area (Å²) in [5.41, 5.74) is 0. The normalized spacial score (nSPS) is 11.2. The number of rotatable bonds is 4. The van der Waals surface area contributed by atoms with Crippen LogP contribution in [0.3, 0.4) is 0 Å². The molecular formula is C12H10Cl2N2O3S. The lowest BCUT2D eigenvalue weighted by Crippen LogP contribution is -2.14. The van der Waals surface area contributed by atoms with Gasteiger partial charge < -0.3 is 4.74 Å². The van der Waals surface area contributed by atoms with Crippen LogP contribution in [0.2, 0.25) is 10.0 Å². The second kappa shape index (κ2) is 5.87. The third kappa shape index (κ3) is 3.33. The second-order valence-corrected chi connectivity index (χ2v) is 6.29. The van der Waals surface area contributed by atoms with Gasteiger partial charge in [-0.3, -0.25) is 4.72 Å². The fourth-order valence-electron chi connectivity index (χ4n) is 1.49. The minimum absolute atomic E-state index is 0.0267. The van der Waals surface area contributed by atoms with E-state index in [0.717, 1.165) is 0 Å². The Morgan fingerprint density at radius 1 is 1.15 bits per heavy atom. The SMILES string of the molecule is COc1cc(Cl)ccc1S(=O)(=O)Nc1ccc(Cl)cn1. The number of methoxy groups -OCH3 is 1. The number of sulfonamides is 1. The number of hydrogen-bond donors (Lipinski definition) is 1. The fourth-order valence-corrected chi connectivity index (χ4v) is 2.93. The number of nitrogens with one attached hydrogen (secondary N) is 1. The molecule has 0 unspecified atom stereocenters. The number of pyridine rings is 1. The van der Waals surface area contributed by atoms with Crippen molar-refractivity contribution in [2.24, 2.45) is 0 Å². The Kier molecular flexibility index (Phi) is 4.37. The first kappa shape index (κ1) is 14.9. The Morgan fingerprint density at radius 2 is 1.85 bits per heavy atom. The van der Waals surface area contributed by atoms with Crippen LogP contribution in [0, 0.1) is 0 Å². The first-order valence-corrected chi connectivity index (χ1v) is 7.64. The molecule has 106 valence electrons. The molecular weight excluding hydrogens is 323 g/mol. The average molecular weight is 333 g/mol. The molecule has 0 fully saturated rings. The second-order valence-electron chi connectivity index (χ2n) is 3.76. The highest BCUT2D eigenvalue weighted by atomic mass is 35.5. The van der Waals surface area contributed by atoms with Crippen LogP contribution in [0.15, 0.2) is 41.4 Å². The lowest BCUT2D eigenvalue weighted by atomic mass is 10.3. The molecule has 0 saturated carbocycles. The van der Waals surface area contributed by atoms with E-state index >= 15 is 0 Å². The summed E-state index contributed by atoms with van der Waals surface area (Å²) in [6.07, 6.45) is 1.35. The van der Waals surface area contributed by atoms with Gasteiger partial charge >= 0.3 is 0 Å². The first-order chi connectivity index (χ1) is 9.42. The molecule has 0 spiro atoms. The maximum atomic E-state index is 12.3. The summed E-state index contributed by atoms with van der Waals surface area (Å²) in [7, 11) is -2.46. The van der Waals surface area contributed by atoms with E-state index in [4.69, 9.17) is 27.9 Å². The van der Waals surface area contributed by atoms with Crippen molar-refractivity contribution in [3.8, 4) is 5.75 Å². The van der Waals surface area contributed by atoms with Crippen molar-refractivity contribution < 1.29 is 13.2 Å². The maximum absolute atomic E-state index is 12.3. The van der Waals surface area contributed by atoms with Crippen LogP contribution in [-0.4, -0.2) is 20.5 Å². The van der Waals surface area contributed by atoms with Crippen molar-refractivity contribution in [2.45, 2.75) is 4.90 Å². The van der Waals surface area contributed by atoms with Gasteiger partial charge in [0.2, 0.25) is 0 Å². The van der Waals surface area contributed by atoms with Crippen molar-refractivity contribution in [3.63, 3.8) is 0 Å². The summed E-state index contributed by atoms with van der Waals surface area (Å²) in [4.78, 5) is 3.85. The van der Waals surface area contributed by atoms with Gasteiger partial charge in [-0.1, -0.05) is 23.2 Å². The molecule has 1 aromatic carbocycles. The Hall–Kier alpha value is -1.50. The van der Waals surface area contributed by atoms with Crippen LogP contribution in [0.25, 0.3) is 0 Å². The van der Waals surface area contributed by atoms with E-state index in [1.807, 2.05) is 0 Å². The van der Waals surface area contributed by atoms with E-state index in [2.05, 4.69) is 9.71 Å². The molecule has 20 heavy (non-hydrogen) atoms. The van der Waals surface area contributed by atoms with Crippen molar-refractivity contribution in [1.29, 1.82) is 0 Å². The Bertz CT molecular complexity index is 718. The van der Waals surface area contributed by atoms with Crippen LogP contribution in [0.1, 0.15) is 0 Å². The highest BCUT2D eigenvalue weighted by molar-refractivity contribution is 7.92. The predicted molar refractivity (Wildman–Crippen MR) is 78.1 cm³/mol. The van der Waals surface area contributed by atoms with Crippen molar-refractivity contribution in [2.75, 3.05) is 11.8 Å². The zero-order chi connectivity index (χ0) is 14.8. The number of halogens is 2. The van der Waals surface area contributed by atoms with Crippen LogP contribution in [0.5, 0.6) is 5.75 Å². The van der Waals surface area contributed by atoms with Gasteiger partial charge in [0, 0.05) is 17.3 Å². The van der Waals surface area contributed by atoms with E-state index in [0.29, 0.717) is 10.0 Å². The highest BCUT2D eigenvalue weighted by Gasteiger charge is 2.20. The Labute approximate surface area is 126 Å². The summed E-state index contributed by atoms with van der Waals surface area (Å²) < 4.78 is 31.9. The quantitative estimate of drug-likeness (QED) is 0.933. The van der Waals surface area contributed by atoms with Crippen molar-refractivity contribution in [1.82, 2.24) is 4.98 Å². The van der Waals surface area contributed by atoms with Crippen LogP contribution < -0.4 is 9.46 Å². The monoisotopic (exact) mass is 332 g/mol. The van der Waals surface area contributed by atoms with E-state index in [-0.39, 0.29) is 16.5 Å². The molecule has 1 N–H and O–H groups in total. The topological polar surface area (TPSA) is 68.3 Å². The summed E-state index contributed by atoms with van der Waals surface area (Å²) in [5.74, 6) is 0.311. The molecule has 5 nitrogen and oxygen atoms in total. The van der Waals surface area contributed by atoms with Gasteiger partial charge in [-0.05, 0) is 24.3 Å². The molecule has 1 aromatic heterocycles. The zero-order valence-electron chi connectivity index (χ0n) is 10.3. The largest absolute Gasteiger partial charge is 0.495 e. The van der Waals surface area contributed by atoms with Gasteiger partial charge in [0.1, 0.15) is 16.5 Å². The lowest BCUT2D eigenvalue weighted by Gasteiger charge is -2.11. The zero-order valence-corrected chi connectivity index (χ0v) is 12.6. The number of nitrogens with zero attached hydrogens (tertiary/aromatic N) is 1. The molecule has 2 rings (SSSR count). The fraction of sp³-hybridized carbons (Fsp3) is 0.0833. The molecule has 8 heteroatoms.